The summed E-state index contributed by atoms with van der Waals surface area (Å²) >= 11 is 0. The van der Waals surface area contributed by atoms with Gasteiger partial charge in [0.1, 0.15) is 5.76 Å². The van der Waals surface area contributed by atoms with Crippen LogP contribution in [-0.4, -0.2) is 6.54 Å². The third-order valence-electron chi connectivity index (χ3n) is 3.53. The molecule has 2 aromatic rings. The smallest absolute Gasteiger partial charge is 0.105 e. The van der Waals surface area contributed by atoms with E-state index in [9.17, 15) is 0 Å². The Morgan fingerprint density at radius 3 is 2.37 bits per heavy atom. The zero-order chi connectivity index (χ0) is 13.7. The Balaban J connectivity index is 2.28. The van der Waals surface area contributed by atoms with E-state index in [0.717, 1.165) is 25.1 Å². The molecule has 0 radical (unpaired) electrons. The Morgan fingerprint density at radius 1 is 1.11 bits per heavy atom. The molecule has 0 fully saturated rings. The van der Waals surface area contributed by atoms with Gasteiger partial charge in [-0.05, 0) is 43.5 Å². The minimum absolute atomic E-state index is 0.226. The lowest BCUT2D eigenvalue weighted by molar-refractivity contribution is 0.517. The first-order valence-corrected chi connectivity index (χ1v) is 7.12. The summed E-state index contributed by atoms with van der Waals surface area (Å²) in [4.78, 5) is 0. The van der Waals surface area contributed by atoms with Crippen LogP contribution in [0.15, 0.2) is 41.0 Å². The molecule has 0 saturated heterocycles. The molecule has 1 unspecified atom stereocenters. The van der Waals surface area contributed by atoms with Crippen LogP contribution in [-0.2, 0) is 6.42 Å². The standard InChI is InChI=1S/C17H23NO/c1-4-11-18-17(16-10-12-19-13(16)3)15-8-6-14(5-2)7-9-15/h6-10,12,17-18H,4-5,11H2,1-3H3. The van der Waals surface area contributed by atoms with Gasteiger partial charge in [-0.3, -0.25) is 0 Å². The number of aryl methyl sites for hydroxylation is 2. The van der Waals surface area contributed by atoms with Crippen LogP contribution in [0.25, 0.3) is 0 Å². The highest BCUT2D eigenvalue weighted by Gasteiger charge is 2.17. The van der Waals surface area contributed by atoms with Crippen LogP contribution in [0, 0.1) is 6.92 Å². The van der Waals surface area contributed by atoms with E-state index in [4.69, 9.17) is 4.42 Å². The largest absolute Gasteiger partial charge is 0.469 e. The van der Waals surface area contributed by atoms with E-state index in [1.165, 1.54) is 16.7 Å². The van der Waals surface area contributed by atoms with Gasteiger partial charge in [-0.25, -0.2) is 0 Å². The fourth-order valence-electron chi connectivity index (χ4n) is 2.34. The maximum atomic E-state index is 5.45. The second kappa shape index (κ2) is 6.58. The predicted molar refractivity (Wildman–Crippen MR) is 79.4 cm³/mol. The maximum Gasteiger partial charge on any atom is 0.105 e. The molecule has 19 heavy (non-hydrogen) atoms. The molecule has 2 nitrogen and oxygen atoms in total. The van der Waals surface area contributed by atoms with E-state index >= 15 is 0 Å². The summed E-state index contributed by atoms with van der Waals surface area (Å²) in [6.07, 6.45) is 3.98. The zero-order valence-electron chi connectivity index (χ0n) is 12.1. The van der Waals surface area contributed by atoms with Crippen LogP contribution >= 0.6 is 0 Å². The average molecular weight is 257 g/mol. The summed E-state index contributed by atoms with van der Waals surface area (Å²) in [6.45, 7) is 7.40. The van der Waals surface area contributed by atoms with Gasteiger partial charge < -0.3 is 9.73 Å². The molecule has 0 spiro atoms. The van der Waals surface area contributed by atoms with Gasteiger partial charge in [0.15, 0.2) is 0 Å². The van der Waals surface area contributed by atoms with Crippen molar-refractivity contribution in [3.63, 3.8) is 0 Å². The maximum absolute atomic E-state index is 5.45. The van der Waals surface area contributed by atoms with Crippen LogP contribution in [0.5, 0.6) is 0 Å². The van der Waals surface area contributed by atoms with Crippen molar-refractivity contribution in [2.24, 2.45) is 0 Å². The van der Waals surface area contributed by atoms with Crippen molar-refractivity contribution in [2.75, 3.05) is 6.54 Å². The number of nitrogens with one attached hydrogen (secondary N) is 1. The number of hydrogen-bond acceptors (Lipinski definition) is 2. The Hall–Kier alpha value is -1.54. The predicted octanol–water partition coefficient (Wildman–Crippen LogP) is 4.24. The van der Waals surface area contributed by atoms with E-state index in [2.05, 4.69) is 49.5 Å². The first-order chi connectivity index (χ1) is 9.26. The molecule has 0 aliphatic rings. The molecule has 1 atom stereocenters. The summed E-state index contributed by atoms with van der Waals surface area (Å²) in [5.41, 5.74) is 3.91. The minimum Gasteiger partial charge on any atom is -0.469 e. The third kappa shape index (κ3) is 3.27. The van der Waals surface area contributed by atoms with Gasteiger partial charge >= 0.3 is 0 Å². The second-order valence-electron chi connectivity index (χ2n) is 4.91. The Labute approximate surface area is 115 Å². The molecular formula is C17H23NO. The van der Waals surface area contributed by atoms with Gasteiger partial charge in [0.05, 0.1) is 12.3 Å². The van der Waals surface area contributed by atoms with Gasteiger partial charge in [-0.2, -0.15) is 0 Å². The monoisotopic (exact) mass is 257 g/mol. The highest BCUT2D eigenvalue weighted by molar-refractivity contribution is 5.34. The van der Waals surface area contributed by atoms with E-state index in [1.807, 2.05) is 6.92 Å². The van der Waals surface area contributed by atoms with Gasteiger partial charge in [-0.15, -0.1) is 0 Å². The number of rotatable bonds is 6. The lowest BCUT2D eigenvalue weighted by Gasteiger charge is -2.19. The second-order valence-corrected chi connectivity index (χ2v) is 4.91. The molecular weight excluding hydrogens is 234 g/mol. The fraction of sp³-hybridized carbons (Fsp3) is 0.412. The molecule has 2 heteroatoms. The van der Waals surface area contributed by atoms with Crippen molar-refractivity contribution >= 4 is 0 Å². The molecule has 0 saturated carbocycles. The van der Waals surface area contributed by atoms with Crippen LogP contribution in [0.3, 0.4) is 0 Å². The van der Waals surface area contributed by atoms with Gasteiger partial charge in [-0.1, -0.05) is 38.1 Å². The first kappa shape index (κ1) is 13.9. The first-order valence-electron chi connectivity index (χ1n) is 7.12. The molecule has 0 amide bonds. The Bertz CT molecular complexity index is 498. The van der Waals surface area contributed by atoms with Crippen molar-refractivity contribution in [1.29, 1.82) is 0 Å². The van der Waals surface area contributed by atoms with Crippen molar-refractivity contribution in [1.82, 2.24) is 5.32 Å². The van der Waals surface area contributed by atoms with Crippen molar-refractivity contribution in [3.05, 3.63) is 59.0 Å². The number of benzene rings is 1. The lowest BCUT2D eigenvalue weighted by Crippen LogP contribution is -2.23. The van der Waals surface area contributed by atoms with Gasteiger partial charge in [0.2, 0.25) is 0 Å². The summed E-state index contributed by atoms with van der Waals surface area (Å²) in [5.74, 6) is 0.994. The molecule has 1 N–H and O–H groups in total. The van der Waals surface area contributed by atoms with Crippen molar-refractivity contribution < 1.29 is 4.42 Å². The van der Waals surface area contributed by atoms with E-state index in [-0.39, 0.29) is 6.04 Å². The molecule has 0 aliphatic carbocycles. The summed E-state index contributed by atoms with van der Waals surface area (Å²) in [6, 6.07) is 11.2. The molecule has 0 bridgehead atoms. The van der Waals surface area contributed by atoms with Crippen LogP contribution in [0.1, 0.15) is 48.8 Å². The van der Waals surface area contributed by atoms with Gasteiger partial charge in [0.25, 0.3) is 0 Å². The minimum atomic E-state index is 0.226. The Morgan fingerprint density at radius 2 is 1.84 bits per heavy atom. The average Bonchev–Trinajstić information content (AvgIpc) is 2.86. The molecule has 1 aromatic carbocycles. The summed E-state index contributed by atoms with van der Waals surface area (Å²) < 4.78 is 5.45. The van der Waals surface area contributed by atoms with Crippen LogP contribution in [0.4, 0.5) is 0 Å². The zero-order valence-corrected chi connectivity index (χ0v) is 12.1. The van der Waals surface area contributed by atoms with E-state index in [0.29, 0.717) is 0 Å². The highest BCUT2D eigenvalue weighted by Crippen LogP contribution is 2.26. The third-order valence-corrected chi connectivity index (χ3v) is 3.53. The highest BCUT2D eigenvalue weighted by atomic mass is 16.3. The Kier molecular flexibility index (Phi) is 4.80. The summed E-state index contributed by atoms with van der Waals surface area (Å²) in [7, 11) is 0. The van der Waals surface area contributed by atoms with E-state index < -0.39 is 0 Å². The number of hydrogen-bond donors (Lipinski definition) is 1. The molecule has 1 aromatic heterocycles. The summed E-state index contributed by atoms with van der Waals surface area (Å²) in [5, 5.41) is 3.61. The topological polar surface area (TPSA) is 25.2 Å². The van der Waals surface area contributed by atoms with E-state index in [1.54, 1.807) is 6.26 Å². The van der Waals surface area contributed by atoms with Crippen LogP contribution < -0.4 is 5.32 Å². The van der Waals surface area contributed by atoms with Gasteiger partial charge in [0, 0.05) is 5.56 Å². The van der Waals surface area contributed by atoms with Crippen molar-refractivity contribution in [3.8, 4) is 0 Å². The van der Waals surface area contributed by atoms with Crippen LogP contribution in [0.2, 0.25) is 0 Å². The van der Waals surface area contributed by atoms with Crippen molar-refractivity contribution in [2.45, 2.75) is 39.7 Å². The fourth-order valence-corrected chi connectivity index (χ4v) is 2.34. The molecule has 0 aliphatic heterocycles. The normalized spacial score (nSPS) is 12.6. The SMILES string of the molecule is CCCNC(c1ccc(CC)cc1)c1ccoc1C. The molecule has 1 heterocycles. The number of furan rings is 1. The quantitative estimate of drug-likeness (QED) is 0.837. The lowest BCUT2D eigenvalue weighted by atomic mass is 9.97. The molecule has 2 rings (SSSR count). The molecule has 102 valence electrons.